The molecule has 2 aromatic rings. The minimum Gasteiger partial charge on any atom is -0.403 e. The van der Waals surface area contributed by atoms with Crippen molar-refractivity contribution in [1.29, 1.82) is 0 Å². The molecule has 2 heterocycles. The predicted octanol–water partition coefficient (Wildman–Crippen LogP) is -0.149. The standard InChI is InChI=1S/C21H26BN6O2/c23-9-17(24)5-6-30-12-19(29)28-11-16-10-25-21(27-20(16)22-13-28)26-18-7-14-3-1-2-4-15(14)8-18/h1-4,9-10,18H,5-8,11-13,23-24H2,(H,25,26,27)/b17-9-. The van der Waals surface area contributed by atoms with E-state index in [0.29, 0.717) is 43.7 Å². The van der Waals surface area contributed by atoms with Crippen molar-refractivity contribution in [2.45, 2.75) is 31.8 Å². The Morgan fingerprint density at radius 1 is 1.30 bits per heavy atom. The first-order chi connectivity index (χ1) is 14.6. The van der Waals surface area contributed by atoms with Gasteiger partial charge in [0.2, 0.25) is 19.1 Å². The van der Waals surface area contributed by atoms with Crippen molar-refractivity contribution in [3.63, 3.8) is 0 Å². The molecule has 1 radical (unpaired) electrons. The third kappa shape index (κ3) is 4.73. The maximum absolute atomic E-state index is 12.4. The van der Waals surface area contributed by atoms with Crippen LogP contribution in [0.2, 0.25) is 0 Å². The Bertz CT molecular complexity index is 926. The van der Waals surface area contributed by atoms with Gasteiger partial charge in [-0.3, -0.25) is 4.79 Å². The Kier molecular flexibility index (Phi) is 6.18. The van der Waals surface area contributed by atoms with E-state index in [2.05, 4.69) is 39.6 Å². The van der Waals surface area contributed by atoms with E-state index in [4.69, 9.17) is 16.2 Å². The van der Waals surface area contributed by atoms with Crippen LogP contribution in [0.1, 0.15) is 23.1 Å². The molecule has 1 aromatic heterocycles. The number of rotatable bonds is 7. The molecule has 0 fully saturated rings. The van der Waals surface area contributed by atoms with Crippen LogP contribution in [0.3, 0.4) is 0 Å². The number of aromatic nitrogens is 2. The van der Waals surface area contributed by atoms with Gasteiger partial charge < -0.3 is 26.4 Å². The Balaban J connectivity index is 1.29. The second-order valence-corrected chi connectivity index (χ2v) is 7.64. The van der Waals surface area contributed by atoms with Crippen molar-refractivity contribution in [3.8, 4) is 0 Å². The van der Waals surface area contributed by atoms with Crippen LogP contribution in [0.4, 0.5) is 5.95 Å². The van der Waals surface area contributed by atoms with E-state index < -0.39 is 0 Å². The molecule has 9 heteroatoms. The van der Waals surface area contributed by atoms with E-state index >= 15 is 0 Å². The molecule has 1 aromatic carbocycles. The van der Waals surface area contributed by atoms with E-state index in [1.807, 2.05) is 7.28 Å². The van der Waals surface area contributed by atoms with E-state index in [1.54, 1.807) is 11.1 Å². The van der Waals surface area contributed by atoms with Gasteiger partial charge in [0.25, 0.3) is 0 Å². The van der Waals surface area contributed by atoms with Crippen molar-refractivity contribution >= 4 is 24.7 Å². The Morgan fingerprint density at radius 2 is 2.07 bits per heavy atom. The monoisotopic (exact) mass is 405 g/mol. The summed E-state index contributed by atoms with van der Waals surface area (Å²) in [6.45, 7) is 0.861. The van der Waals surface area contributed by atoms with Crippen LogP contribution < -0.4 is 22.4 Å². The number of anilines is 1. The van der Waals surface area contributed by atoms with E-state index in [-0.39, 0.29) is 12.5 Å². The van der Waals surface area contributed by atoms with Gasteiger partial charge in [-0.05, 0) is 30.4 Å². The summed E-state index contributed by atoms with van der Waals surface area (Å²) >= 11 is 0. The summed E-state index contributed by atoms with van der Waals surface area (Å²) in [5, 5.41) is 3.45. The molecule has 0 bridgehead atoms. The lowest BCUT2D eigenvalue weighted by atomic mass is 9.69. The molecule has 30 heavy (non-hydrogen) atoms. The van der Waals surface area contributed by atoms with Crippen molar-refractivity contribution in [2.75, 3.05) is 25.0 Å². The second-order valence-electron chi connectivity index (χ2n) is 7.64. The second kappa shape index (κ2) is 9.17. The molecular weight excluding hydrogens is 379 g/mol. The highest BCUT2D eigenvalue weighted by molar-refractivity contribution is 6.53. The first-order valence-corrected chi connectivity index (χ1v) is 10.2. The molecule has 1 aliphatic heterocycles. The Morgan fingerprint density at radius 3 is 2.80 bits per heavy atom. The van der Waals surface area contributed by atoms with Gasteiger partial charge >= 0.3 is 0 Å². The van der Waals surface area contributed by atoms with Crippen molar-refractivity contribution in [2.24, 2.45) is 11.5 Å². The summed E-state index contributed by atoms with van der Waals surface area (Å²) in [7, 11) is 1.96. The van der Waals surface area contributed by atoms with Crippen LogP contribution in [0.5, 0.6) is 0 Å². The maximum Gasteiger partial charge on any atom is 0.248 e. The molecule has 2 aliphatic rings. The number of carbonyl (C=O) groups is 1. The predicted molar refractivity (Wildman–Crippen MR) is 116 cm³/mol. The number of nitrogens with one attached hydrogen (secondary N) is 1. The molecule has 1 aliphatic carbocycles. The number of carbonyl (C=O) groups excluding carboxylic acids is 1. The normalized spacial score (nSPS) is 16.0. The summed E-state index contributed by atoms with van der Waals surface area (Å²) in [5.41, 5.74) is 16.1. The average molecular weight is 405 g/mol. The van der Waals surface area contributed by atoms with Crippen LogP contribution >= 0.6 is 0 Å². The van der Waals surface area contributed by atoms with Gasteiger partial charge in [0.05, 0.1) is 6.61 Å². The number of hydrogen-bond acceptors (Lipinski definition) is 7. The Labute approximate surface area is 176 Å². The van der Waals surface area contributed by atoms with Crippen molar-refractivity contribution < 1.29 is 9.53 Å². The highest BCUT2D eigenvalue weighted by atomic mass is 16.5. The van der Waals surface area contributed by atoms with Gasteiger partial charge in [-0.1, -0.05) is 24.3 Å². The largest absolute Gasteiger partial charge is 0.403 e. The highest BCUT2D eigenvalue weighted by Crippen LogP contribution is 2.23. The molecule has 0 saturated carbocycles. The fourth-order valence-electron chi connectivity index (χ4n) is 3.81. The summed E-state index contributed by atoms with van der Waals surface area (Å²) in [5.74, 6) is 0.564. The fraction of sp³-hybridized carbons (Fsp3) is 0.381. The molecular formula is C21H26BN6O2. The average Bonchev–Trinajstić information content (AvgIpc) is 3.18. The van der Waals surface area contributed by atoms with Crippen LogP contribution in [0.25, 0.3) is 0 Å². The number of hydrogen-bond donors (Lipinski definition) is 3. The van der Waals surface area contributed by atoms with E-state index in [0.717, 1.165) is 24.0 Å². The Hall–Kier alpha value is -3.07. The van der Waals surface area contributed by atoms with Crippen LogP contribution in [-0.2, 0) is 28.9 Å². The zero-order chi connectivity index (χ0) is 20.9. The number of nitrogens with two attached hydrogens (primary N) is 2. The van der Waals surface area contributed by atoms with Gasteiger partial charge in [0.15, 0.2) is 0 Å². The van der Waals surface area contributed by atoms with Crippen LogP contribution in [0.15, 0.2) is 42.4 Å². The van der Waals surface area contributed by atoms with Crippen LogP contribution in [0, 0.1) is 0 Å². The summed E-state index contributed by atoms with van der Waals surface area (Å²) in [4.78, 5) is 23.2. The zero-order valence-corrected chi connectivity index (χ0v) is 16.9. The van der Waals surface area contributed by atoms with Gasteiger partial charge in [-0.25, -0.2) is 9.97 Å². The number of amides is 1. The molecule has 5 N–H and O–H groups in total. The number of benzene rings is 1. The van der Waals surface area contributed by atoms with Gasteiger partial charge in [-0.2, -0.15) is 0 Å². The smallest absolute Gasteiger partial charge is 0.248 e. The summed E-state index contributed by atoms with van der Waals surface area (Å²) in [6, 6.07) is 8.82. The minimum atomic E-state index is -0.0712. The molecule has 155 valence electrons. The number of ether oxygens (including phenoxy) is 1. The van der Waals surface area contributed by atoms with E-state index in [1.165, 1.54) is 17.3 Å². The fourth-order valence-corrected chi connectivity index (χ4v) is 3.81. The quantitative estimate of drug-likeness (QED) is 0.433. The summed E-state index contributed by atoms with van der Waals surface area (Å²) in [6.07, 6.45) is 6.12. The van der Waals surface area contributed by atoms with Gasteiger partial charge in [0.1, 0.15) is 6.61 Å². The van der Waals surface area contributed by atoms with Crippen molar-refractivity contribution in [3.05, 3.63) is 59.0 Å². The molecule has 0 spiro atoms. The lowest BCUT2D eigenvalue weighted by molar-refractivity contribution is -0.135. The maximum atomic E-state index is 12.4. The van der Waals surface area contributed by atoms with Gasteiger partial charge in [0, 0.05) is 48.3 Å². The number of nitrogens with zero attached hydrogens (tertiary/aromatic N) is 3. The topological polar surface area (TPSA) is 119 Å². The number of fused-ring (bicyclic) bond motifs is 2. The molecule has 8 nitrogen and oxygen atoms in total. The third-order valence-corrected chi connectivity index (χ3v) is 5.48. The van der Waals surface area contributed by atoms with Crippen LogP contribution in [-0.4, -0.2) is 53.8 Å². The molecule has 0 unspecified atom stereocenters. The van der Waals surface area contributed by atoms with Gasteiger partial charge in [-0.15, -0.1) is 0 Å². The highest BCUT2D eigenvalue weighted by Gasteiger charge is 2.25. The first-order valence-electron chi connectivity index (χ1n) is 10.2. The lowest BCUT2D eigenvalue weighted by Crippen LogP contribution is -2.47. The molecule has 0 atom stereocenters. The molecule has 1 amide bonds. The SMILES string of the molecule is N/C=C(\N)CCOCC(=O)N1C[B]c2nc(NC3Cc4ccccc4C3)ncc2C1. The van der Waals surface area contributed by atoms with E-state index in [9.17, 15) is 4.79 Å². The van der Waals surface area contributed by atoms with Crippen molar-refractivity contribution in [1.82, 2.24) is 14.9 Å². The minimum absolute atomic E-state index is 0.0176. The summed E-state index contributed by atoms with van der Waals surface area (Å²) < 4.78 is 5.41. The molecule has 4 rings (SSSR count). The zero-order valence-electron chi connectivity index (χ0n) is 16.9. The lowest BCUT2D eigenvalue weighted by Gasteiger charge is -2.28. The molecule has 0 saturated heterocycles. The third-order valence-electron chi connectivity index (χ3n) is 5.48. The first kappa shape index (κ1) is 20.2.